The summed E-state index contributed by atoms with van der Waals surface area (Å²) in [5, 5.41) is 0. The van der Waals surface area contributed by atoms with Gasteiger partial charge in [0.15, 0.2) is 0 Å². The average molecular weight is 260 g/mol. The Morgan fingerprint density at radius 1 is 1.17 bits per heavy atom. The van der Waals surface area contributed by atoms with Crippen molar-refractivity contribution in [1.82, 2.24) is 0 Å². The zero-order valence-corrected chi connectivity index (χ0v) is 12.5. The summed E-state index contributed by atoms with van der Waals surface area (Å²) in [4.78, 5) is 21.9. The minimum absolute atomic E-state index is 0.214. The normalized spacial score (nSPS) is 13.4. The molecule has 0 aliphatic heterocycles. The standard InChI is InChI=1S/C14H28O4/c1-6-7-8-9-10-12(11-13(15)16-5)17-18-14(2,3)4/h12H,6-11H2,1-5H3. The van der Waals surface area contributed by atoms with E-state index in [4.69, 9.17) is 9.78 Å². The van der Waals surface area contributed by atoms with E-state index >= 15 is 0 Å². The summed E-state index contributed by atoms with van der Waals surface area (Å²) in [6, 6.07) is 0. The Kier molecular flexibility index (Phi) is 9.02. The first-order chi connectivity index (χ1) is 8.39. The summed E-state index contributed by atoms with van der Waals surface area (Å²) in [5.41, 5.74) is -0.363. The molecule has 0 saturated heterocycles. The number of carbonyl (C=O) groups excluding carboxylic acids is 1. The lowest BCUT2D eigenvalue weighted by Gasteiger charge is -2.22. The quantitative estimate of drug-likeness (QED) is 0.275. The summed E-state index contributed by atoms with van der Waals surface area (Å²) in [7, 11) is 1.39. The van der Waals surface area contributed by atoms with E-state index in [1.165, 1.54) is 20.0 Å². The predicted molar refractivity (Wildman–Crippen MR) is 71.1 cm³/mol. The highest BCUT2D eigenvalue weighted by molar-refractivity contribution is 5.69. The molecule has 4 heteroatoms. The van der Waals surface area contributed by atoms with E-state index in [-0.39, 0.29) is 24.1 Å². The van der Waals surface area contributed by atoms with Crippen molar-refractivity contribution in [3.8, 4) is 0 Å². The Labute approximate surface area is 111 Å². The smallest absolute Gasteiger partial charge is 0.308 e. The third-order valence-electron chi connectivity index (χ3n) is 2.44. The fraction of sp³-hybridized carbons (Fsp3) is 0.929. The average Bonchev–Trinajstić information content (AvgIpc) is 2.29. The summed E-state index contributed by atoms with van der Waals surface area (Å²) >= 11 is 0. The highest BCUT2D eigenvalue weighted by atomic mass is 17.2. The van der Waals surface area contributed by atoms with Crippen molar-refractivity contribution in [3.05, 3.63) is 0 Å². The Balaban J connectivity index is 4.03. The van der Waals surface area contributed by atoms with Crippen LogP contribution < -0.4 is 0 Å². The molecule has 0 N–H and O–H groups in total. The van der Waals surface area contributed by atoms with Gasteiger partial charge in [-0.05, 0) is 27.2 Å². The van der Waals surface area contributed by atoms with Crippen LogP contribution in [0.3, 0.4) is 0 Å². The van der Waals surface area contributed by atoms with Gasteiger partial charge in [0.25, 0.3) is 0 Å². The van der Waals surface area contributed by atoms with E-state index in [0.717, 1.165) is 19.3 Å². The molecule has 0 fully saturated rings. The molecule has 0 heterocycles. The van der Waals surface area contributed by atoms with Crippen LogP contribution in [0.1, 0.15) is 66.2 Å². The van der Waals surface area contributed by atoms with Gasteiger partial charge >= 0.3 is 5.97 Å². The molecule has 108 valence electrons. The number of carbonyl (C=O) groups is 1. The maximum atomic E-state index is 11.3. The number of hydrogen-bond donors (Lipinski definition) is 0. The van der Waals surface area contributed by atoms with Crippen LogP contribution in [-0.2, 0) is 19.3 Å². The largest absolute Gasteiger partial charge is 0.469 e. The van der Waals surface area contributed by atoms with Gasteiger partial charge in [-0.25, -0.2) is 9.78 Å². The monoisotopic (exact) mass is 260 g/mol. The van der Waals surface area contributed by atoms with Crippen LogP contribution in [0.5, 0.6) is 0 Å². The van der Waals surface area contributed by atoms with E-state index < -0.39 is 0 Å². The maximum absolute atomic E-state index is 11.3. The molecular formula is C14H28O4. The molecule has 0 saturated carbocycles. The number of ether oxygens (including phenoxy) is 1. The van der Waals surface area contributed by atoms with E-state index in [1.807, 2.05) is 20.8 Å². The number of esters is 1. The third-order valence-corrected chi connectivity index (χ3v) is 2.44. The van der Waals surface area contributed by atoms with E-state index in [1.54, 1.807) is 0 Å². The van der Waals surface area contributed by atoms with Gasteiger partial charge in [0.1, 0.15) is 6.10 Å². The highest BCUT2D eigenvalue weighted by Crippen LogP contribution is 2.16. The second-order valence-corrected chi connectivity index (χ2v) is 5.54. The van der Waals surface area contributed by atoms with Crippen molar-refractivity contribution >= 4 is 5.97 Å². The minimum Gasteiger partial charge on any atom is -0.469 e. The van der Waals surface area contributed by atoms with Gasteiger partial charge in [0.2, 0.25) is 0 Å². The highest BCUT2D eigenvalue weighted by Gasteiger charge is 2.20. The van der Waals surface area contributed by atoms with Gasteiger partial charge in [0, 0.05) is 0 Å². The van der Waals surface area contributed by atoms with Gasteiger partial charge in [0.05, 0.1) is 19.1 Å². The zero-order valence-electron chi connectivity index (χ0n) is 12.5. The predicted octanol–water partition coefficient (Wildman–Crippen LogP) is 3.64. The summed E-state index contributed by atoms with van der Waals surface area (Å²) in [6.07, 6.45) is 5.47. The van der Waals surface area contributed by atoms with Crippen molar-refractivity contribution in [2.45, 2.75) is 77.9 Å². The molecule has 0 aromatic rings. The molecule has 0 aliphatic rings. The van der Waals surface area contributed by atoms with Crippen LogP contribution in [0.4, 0.5) is 0 Å². The molecule has 0 rings (SSSR count). The van der Waals surface area contributed by atoms with Crippen LogP contribution in [0.25, 0.3) is 0 Å². The van der Waals surface area contributed by atoms with Crippen molar-refractivity contribution in [1.29, 1.82) is 0 Å². The van der Waals surface area contributed by atoms with Gasteiger partial charge in [-0.15, -0.1) is 0 Å². The number of methoxy groups -OCH3 is 1. The minimum atomic E-state index is -0.363. The van der Waals surface area contributed by atoms with Crippen LogP contribution >= 0.6 is 0 Å². The van der Waals surface area contributed by atoms with Crippen LogP contribution in [-0.4, -0.2) is 24.8 Å². The summed E-state index contributed by atoms with van der Waals surface area (Å²) < 4.78 is 4.67. The summed E-state index contributed by atoms with van der Waals surface area (Å²) in [6.45, 7) is 7.92. The molecule has 0 spiro atoms. The molecule has 0 amide bonds. The number of hydrogen-bond acceptors (Lipinski definition) is 4. The topological polar surface area (TPSA) is 44.8 Å². The second-order valence-electron chi connectivity index (χ2n) is 5.54. The Hall–Kier alpha value is -0.610. The van der Waals surface area contributed by atoms with Gasteiger partial charge in [-0.1, -0.05) is 32.6 Å². The number of rotatable bonds is 9. The molecular weight excluding hydrogens is 232 g/mol. The Bertz CT molecular complexity index is 220. The lowest BCUT2D eigenvalue weighted by atomic mass is 10.1. The van der Waals surface area contributed by atoms with Crippen molar-refractivity contribution < 1.29 is 19.3 Å². The molecule has 0 aromatic carbocycles. The summed E-state index contributed by atoms with van der Waals surface area (Å²) in [5.74, 6) is -0.256. The zero-order chi connectivity index (χ0) is 14.0. The van der Waals surface area contributed by atoms with E-state index in [2.05, 4.69) is 11.7 Å². The molecule has 0 radical (unpaired) electrons. The first-order valence-corrected chi connectivity index (χ1v) is 6.80. The first kappa shape index (κ1) is 17.4. The van der Waals surface area contributed by atoms with Crippen molar-refractivity contribution in [2.75, 3.05) is 7.11 Å². The van der Waals surface area contributed by atoms with Gasteiger partial charge < -0.3 is 4.74 Å². The van der Waals surface area contributed by atoms with E-state index in [0.29, 0.717) is 0 Å². The Morgan fingerprint density at radius 3 is 2.33 bits per heavy atom. The second kappa shape index (κ2) is 9.34. The lowest BCUT2D eigenvalue weighted by Crippen LogP contribution is -2.26. The molecule has 1 unspecified atom stereocenters. The molecule has 1 atom stereocenters. The first-order valence-electron chi connectivity index (χ1n) is 6.80. The Morgan fingerprint density at radius 2 is 1.83 bits per heavy atom. The van der Waals surface area contributed by atoms with Crippen molar-refractivity contribution in [3.63, 3.8) is 0 Å². The number of unbranched alkanes of at least 4 members (excludes halogenated alkanes) is 3. The van der Waals surface area contributed by atoms with E-state index in [9.17, 15) is 4.79 Å². The van der Waals surface area contributed by atoms with Gasteiger partial charge in [-0.2, -0.15) is 0 Å². The molecule has 0 aliphatic carbocycles. The third kappa shape index (κ3) is 10.5. The van der Waals surface area contributed by atoms with Crippen molar-refractivity contribution in [2.24, 2.45) is 0 Å². The SMILES string of the molecule is CCCCCCC(CC(=O)OC)OOC(C)(C)C. The van der Waals surface area contributed by atoms with Crippen LogP contribution in [0.15, 0.2) is 0 Å². The lowest BCUT2D eigenvalue weighted by molar-refractivity contribution is -0.373. The molecule has 0 bridgehead atoms. The van der Waals surface area contributed by atoms with Gasteiger partial charge in [-0.3, -0.25) is 4.79 Å². The molecule has 0 aromatic heterocycles. The molecule has 4 nitrogen and oxygen atoms in total. The fourth-order valence-electron chi connectivity index (χ4n) is 1.46. The van der Waals surface area contributed by atoms with Crippen LogP contribution in [0.2, 0.25) is 0 Å². The fourth-order valence-corrected chi connectivity index (χ4v) is 1.46. The molecule has 18 heavy (non-hydrogen) atoms. The maximum Gasteiger partial charge on any atom is 0.308 e. The van der Waals surface area contributed by atoms with Crippen LogP contribution in [0, 0.1) is 0 Å².